The standard InChI is InChI=1S/C8H10O/c1-2-8(1)6-4-3-5(4)9-7(6)8/h4-7H,1-3H2/t4?,5?,6-,7?/m0/s1. The van der Waals surface area contributed by atoms with Gasteiger partial charge in [0.15, 0.2) is 0 Å². The van der Waals surface area contributed by atoms with Crippen LogP contribution in [0.5, 0.6) is 0 Å². The van der Waals surface area contributed by atoms with Gasteiger partial charge in [-0.05, 0) is 31.1 Å². The Balaban J connectivity index is 1.82. The minimum Gasteiger partial charge on any atom is -0.374 e. The van der Waals surface area contributed by atoms with Crippen molar-refractivity contribution in [2.45, 2.75) is 31.5 Å². The van der Waals surface area contributed by atoms with E-state index in [2.05, 4.69) is 0 Å². The van der Waals surface area contributed by atoms with Crippen molar-refractivity contribution in [3.63, 3.8) is 0 Å². The van der Waals surface area contributed by atoms with Gasteiger partial charge in [0.2, 0.25) is 0 Å². The first-order chi connectivity index (χ1) is 4.42. The van der Waals surface area contributed by atoms with Crippen LogP contribution in [0.4, 0.5) is 0 Å². The van der Waals surface area contributed by atoms with Crippen LogP contribution in [0, 0.1) is 17.3 Å². The van der Waals surface area contributed by atoms with Gasteiger partial charge < -0.3 is 4.74 Å². The van der Waals surface area contributed by atoms with Crippen LogP contribution in [-0.2, 0) is 4.74 Å². The van der Waals surface area contributed by atoms with Crippen LogP contribution in [0.1, 0.15) is 19.3 Å². The summed E-state index contributed by atoms with van der Waals surface area (Å²) in [6.45, 7) is 0. The largest absolute Gasteiger partial charge is 0.374 e. The third-order valence-electron chi connectivity index (χ3n) is 3.84. The molecule has 1 spiro atoms. The Hall–Kier alpha value is -0.0400. The Morgan fingerprint density at radius 2 is 2.22 bits per heavy atom. The third kappa shape index (κ3) is 0.260. The van der Waals surface area contributed by atoms with Crippen LogP contribution in [-0.4, -0.2) is 12.2 Å². The van der Waals surface area contributed by atoms with Gasteiger partial charge in [-0.15, -0.1) is 0 Å². The van der Waals surface area contributed by atoms with E-state index in [9.17, 15) is 0 Å². The van der Waals surface area contributed by atoms with E-state index in [-0.39, 0.29) is 0 Å². The first-order valence-electron chi connectivity index (χ1n) is 4.07. The quantitative estimate of drug-likeness (QED) is 0.469. The lowest BCUT2D eigenvalue weighted by Crippen LogP contribution is -1.97. The van der Waals surface area contributed by atoms with E-state index in [1.54, 1.807) is 0 Å². The number of hydrogen-bond acceptors (Lipinski definition) is 1. The van der Waals surface area contributed by atoms with Crippen LogP contribution in [0.3, 0.4) is 0 Å². The highest BCUT2D eigenvalue weighted by atomic mass is 16.5. The molecule has 1 heteroatoms. The lowest BCUT2D eigenvalue weighted by Gasteiger charge is -1.95. The fourth-order valence-corrected chi connectivity index (χ4v) is 3.03. The maximum Gasteiger partial charge on any atom is 0.0676 e. The number of ether oxygens (including phenoxy) is 1. The van der Waals surface area contributed by atoms with Gasteiger partial charge in [-0.2, -0.15) is 0 Å². The zero-order valence-corrected chi connectivity index (χ0v) is 5.34. The lowest BCUT2D eigenvalue weighted by atomic mass is 10.2. The number of fused-ring (bicyclic) bond motifs is 5. The maximum absolute atomic E-state index is 5.79. The van der Waals surface area contributed by atoms with Crippen molar-refractivity contribution in [1.82, 2.24) is 0 Å². The van der Waals surface area contributed by atoms with E-state index in [1.807, 2.05) is 0 Å². The van der Waals surface area contributed by atoms with Crippen LogP contribution < -0.4 is 0 Å². The average molecular weight is 122 g/mol. The second kappa shape index (κ2) is 0.800. The van der Waals surface area contributed by atoms with E-state index >= 15 is 0 Å². The van der Waals surface area contributed by atoms with Crippen LogP contribution in [0.2, 0.25) is 0 Å². The highest BCUT2D eigenvalue weighted by molar-refractivity contribution is 5.30. The van der Waals surface area contributed by atoms with Crippen molar-refractivity contribution in [3.05, 3.63) is 0 Å². The van der Waals surface area contributed by atoms with Crippen molar-refractivity contribution in [2.75, 3.05) is 0 Å². The van der Waals surface area contributed by atoms with Crippen LogP contribution >= 0.6 is 0 Å². The summed E-state index contributed by atoms with van der Waals surface area (Å²) in [5, 5.41) is 0. The second-order valence-electron chi connectivity index (χ2n) is 4.25. The summed E-state index contributed by atoms with van der Waals surface area (Å²) in [6.07, 6.45) is 5.90. The molecule has 1 aliphatic heterocycles. The summed E-state index contributed by atoms with van der Waals surface area (Å²) in [4.78, 5) is 0. The van der Waals surface area contributed by atoms with Crippen molar-refractivity contribution in [1.29, 1.82) is 0 Å². The molecule has 3 saturated carbocycles. The zero-order chi connectivity index (χ0) is 5.64. The normalized spacial score (nSPS) is 69.3. The van der Waals surface area contributed by atoms with Gasteiger partial charge in [0.1, 0.15) is 0 Å². The average Bonchev–Trinajstić information content (AvgIpc) is 2.74. The minimum atomic E-state index is 0.742. The molecular weight excluding hydrogens is 112 g/mol. The molecule has 1 saturated heterocycles. The molecular formula is C8H10O. The fraction of sp³-hybridized carbons (Fsp3) is 1.00. The molecule has 0 N–H and O–H groups in total. The molecule has 0 amide bonds. The molecule has 0 aromatic heterocycles. The molecule has 4 fully saturated rings. The summed E-state index contributed by atoms with van der Waals surface area (Å²) < 4.78 is 5.79. The molecule has 0 aromatic carbocycles. The Labute approximate surface area is 54.4 Å². The van der Waals surface area contributed by atoms with E-state index in [0.29, 0.717) is 0 Å². The minimum absolute atomic E-state index is 0.742. The predicted molar refractivity (Wildman–Crippen MR) is 31.9 cm³/mol. The fourth-order valence-electron chi connectivity index (χ4n) is 3.03. The van der Waals surface area contributed by atoms with E-state index in [0.717, 1.165) is 29.5 Å². The topological polar surface area (TPSA) is 9.23 Å². The molecule has 4 atom stereocenters. The summed E-state index contributed by atoms with van der Waals surface area (Å²) in [6, 6.07) is 0. The highest BCUT2D eigenvalue weighted by Crippen LogP contribution is 2.81. The molecule has 4 aliphatic rings. The van der Waals surface area contributed by atoms with E-state index in [4.69, 9.17) is 4.74 Å². The molecule has 0 aromatic rings. The van der Waals surface area contributed by atoms with Gasteiger partial charge in [0.25, 0.3) is 0 Å². The first-order valence-corrected chi connectivity index (χ1v) is 4.07. The monoisotopic (exact) mass is 122 g/mol. The van der Waals surface area contributed by atoms with Crippen LogP contribution in [0.15, 0.2) is 0 Å². The first kappa shape index (κ1) is 3.97. The van der Waals surface area contributed by atoms with Crippen molar-refractivity contribution in [3.8, 4) is 0 Å². The molecule has 1 nitrogen and oxygen atoms in total. The van der Waals surface area contributed by atoms with E-state index < -0.39 is 0 Å². The second-order valence-corrected chi connectivity index (χ2v) is 4.25. The molecule has 1 heterocycles. The lowest BCUT2D eigenvalue weighted by molar-refractivity contribution is 0.104. The Morgan fingerprint density at radius 3 is 2.78 bits per heavy atom. The third-order valence-corrected chi connectivity index (χ3v) is 3.84. The molecule has 3 aliphatic carbocycles. The number of rotatable bonds is 0. The molecule has 3 unspecified atom stereocenters. The molecule has 48 valence electrons. The van der Waals surface area contributed by atoms with E-state index in [1.165, 1.54) is 19.3 Å². The summed E-state index contributed by atoms with van der Waals surface area (Å²) >= 11 is 0. The summed E-state index contributed by atoms with van der Waals surface area (Å²) in [5.74, 6) is 2.10. The van der Waals surface area contributed by atoms with Gasteiger partial charge >= 0.3 is 0 Å². The summed E-state index contributed by atoms with van der Waals surface area (Å²) in [7, 11) is 0. The maximum atomic E-state index is 5.79. The molecule has 0 radical (unpaired) electrons. The van der Waals surface area contributed by atoms with Crippen molar-refractivity contribution >= 4 is 0 Å². The van der Waals surface area contributed by atoms with Crippen molar-refractivity contribution < 1.29 is 4.74 Å². The highest BCUT2D eigenvalue weighted by Gasteiger charge is 2.82. The van der Waals surface area contributed by atoms with Crippen LogP contribution in [0.25, 0.3) is 0 Å². The van der Waals surface area contributed by atoms with Gasteiger partial charge in [0, 0.05) is 5.41 Å². The molecule has 9 heavy (non-hydrogen) atoms. The Kier molecular flexibility index (Phi) is 0.353. The smallest absolute Gasteiger partial charge is 0.0676 e. The van der Waals surface area contributed by atoms with Crippen molar-refractivity contribution in [2.24, 2.45) is 17.3 Å². The van der Waals surface area contributed by atoms with Gasteiger partial charge in [-0.1, -0.05) is 0 Å². The van der Waals surface area contributed by atoms with Gasteiger partial charge in [-0.25, -0.2) is 0 Å². The summed E-state index contributed by atoms with van der Waals surface area (Å²) in [5.41, 5.74) is 0.803. The predicted octanol–water partition coefficient (Wildman–Crippen LogP) is 1.18. The number of hydrogen-bond donors (Lipinski definition) is 0. The molecule has 4 rings (SSSR count). The Morgan fingerprint density at radius 1 is 1.33 bits per heavy atom. The molecule has 0 bridgehead atoms. The van der Waals surface area contributed by atoms with Gasteiger partial charge in [0.05, 0.1) is 12.2 Å². The van der Waals surface area contributed by atoms with Gasteiger partial charge in [-0.3, -0.25) is 0 Å². The Bertz CT molecular complexity index is 195. The SMILES string of the molecule is C1C2OC3[C@H](C12)C31CC1. The zero-order valence-electron chi connectivity index (χ0n) is 5.34.